The molecule has 0 saturated heterocycles. The first-order valence-corrected chi connectivity index (χ1v) is 8.81. The average molecular weight is 347 g/mol. The summed E-state index contributed by atoms with van der Waals surface area (Å²) in [5.41, 5.74) is 0.847. The third-order valence-corrected chi connectivity index (χ3v) is 5.40. The van der Waals surface area contributed by atoms with Gasteiger partial charge in [-0.15, -0.1) is 0 Å². The van der Waals surface area contributed by atoms with E-state index >= 15 is 0 Å². The van der Waals surface area contributed by atoms with Crippen LogP contribution in [0.4, 0.5) is 0 Å². The molecule has 0 fully saturated rings. The van der Waals surface area contributed by atoms with Gasteiger partial charge < -0.3 is 14.2 Å². The van der Waals surface area contributed by atoms with Crippen LogP contribution in [0, 0.1) is 0 Å². The lowest BCUT2D eigenvalue weighted by Crippen LogP contribution is -2.49. The summed E-state index contributed by atoms with van der Waals surface area (Å²) in [6, 6.07) is 12.3. The Labute approximate surface area is 153 Å². The van der Waals surface area contributed by atoms with Gasteiger partial charge in [0.05, 0.1) is 11.2 Å². The molecule has 0 aliphatic heterocycles. The van der Waals surface area contributed by atoms with Crippen LogP contribution in [0.1, 0.15) is 27.7 Å². The van der Waals surface area contributed by atoms with E-state index in [0.717, 1.165) is 32.8 Å². The van der Waals surface area contributed by atoms with Crippen LogP contribution in [0.3, 0.4) is 0 Å². The summed E-state index contributed by atoms with van der Waals surface area (Å²) in [5, 5.41) is 14.7. The van der Waals surface area contributed by atoms with Crippen molar-refractivity contribution in [2.24, 2.45) is 0 Å². The number of nitrogens with zero attached hydrogens (tertiary/aromatic N) is 1. The lowest BCUT2D eigenvalue weighted by molar-refractivity contribution is -0.0893. The van der Waals surface area contributed by atoms with Crippen molar-refractivity contribution in [3.8, 4) is 0 Å². The van der Waals surface area contributed by atoms with Crippen LogP contribution in [-0.4, -0.2) is 28.8 Å². The molecule has 2 heterocycles. The smallest absolute Gasteiger partial charge is 0.314 e. The molecule has 0 aliphatic carbocycles. The normalized spacial score (nSPS) is 13.0. The summed E-state index contributed by atoms with van der Waals surface area (Å²) < 4.78 is 12.2. The summed E-state index contributed by atoms with van der Waals surface area (Å²) in [5.74, 6) is 0. The van der Waals surface area contributed by atoms with Crippen molar-refractivity contribution in [2.75, 3.05) is 0 Å². The van der Waals surface area contributed by atoms with Gasteiger partial charge in [-0.25, -0.2) is 0 Å². The Morgan fingerprint density at radius 1 is 1.00 bits per heavy atom. The van der Waals surface area contributed by atoms with Crippen molar-refractivity contribution in [1.29, 1.82) is 0 Å². The van der Waals surface area contributed by atoms with Gasteiger partial charge in [-0.2, -0.15) is 0 Å². The third-order valence-electron chi connectivity index (χ3n) is 5.40. The molecular weight excluding hydrogens is 325 g/mol. The maximum atomic E-state index is 10.3. The minimum absolute atomic E-state index is 0.319. The van der Waals surface area contributed by atoms with Gasteiger partial charge in [-0.3, -0.25) is 4.98 Å². The molecule has 0 radical (unpaired) electrons. The van der Waals surface area contributed by atoms with Gasteiger partial charge in [-0.1, -0.05) is 30.3 Å². The van der Waals surface area contributed by atoms with Gasteiger partial charge in [0.15, 0.2) is 0 Å². The van der Waals surface area contributed by atoms with E-state index in [2.05, 4.69) is 23.2 Å². The molecule has 4 rings (SSSR count). The number of benzene rings is 2. The molecule has 1 N–H and O–H groups in total. The minimum Gasteiger partial charge on any atom is -0.456 e. The molecule has 5 heteroatoms. The van der Waals surface area contributed by atoms with Crippen LogP contribution < -0.4 is 5.46 Å². The maximum absolute atomic E-state index is 10.3. The molecular formula is C21H22BNO3. The topological polar surface area (TPSA) is 55.5 Å². The lowest BCUT2D eigenvalue weighted by Gasteiger charge is -2.37. The minimum atomic E-state index is -0.960. The van der Waals surface area contributed by atoms with Crippen molar-refractivity contribution in [1.82, 2.24) is 4.98 Å². The highest BCUT2D eigenvalue weighted by atomic mass is 16.5. The molecule has 4 aromatic rings. The Morgan fingerprint density at radius 3 is 2.54 bits per heavy atom. The van der Waals surface area contributed by atoms with Gasteiger partial charge in [0.1, 0.15) is 11.2 Å². The Kier molecular flexibility index (Phi) is 3.83. The molecule has 0 spiro atoms. The van der Waals surface area contributed by atoms with Crippen LogP contribution >= 0.6 is 0 Å². The predicted octanol–water partition coefficient (Wildman–Crippen LogP) is 3.68. The second-order valence-electron chi connectivity index (χ2n) is 7.80. The first-order chi connectivity index (χ1) is 12.3. The van der Waals surface area contributed by atoms with E-state index in [1.54, 1.807) is 20.0 Å². The summed E-state index contributed by atoms with van der Waals surface area (Å²) in [4.78, 5) is 4.40. The van der Waals surface area contributed by atoms with Crippen LogP contribution in [-0.2, 0) is 4.65 Å². The van der Waals surface area contributed by atoms with Crippen molar-refractivity contribution < 1.29 is 14.2 Å². The summed E-state index contributed by atoms with van der Waals surface area (Å²) in [6.07, 6.45) is 3.62. The van der Waals surface area contributed by atoms with Gasteiger partial charge >= 0.3 is 7.48 Å². The molecule has 4 nitrogen and oxygen atoms in total. The highest BCUT2D eigenvalue weighted by Crippen LogP contribution is 2.33. The Hall–Kier alpha value is -2.37. The van der Waals surface area contributed by atoms with Crippen LogP contribution in [0.15, 0.2) is 53.2 Å². The number of fused-ring (bicyclic) bond motifs is 5. The highest BCUT2D eigenvalue weighted by Gasteiger charge is 2.36. The molecule has 2 aromatic carbocycles. The first kappa shape index (κ1) is 17.1. The van der Waals surface area contributed by atoms with Crippen molar-refractivity contribution in [3.05, 3.63) is 48.8 Å². The van der Waals surface area contributed by atoms with E-state index in [1.807, 2.05) is 38.2 Å². The number of hydrogen-bond donors (Lipinski definition) is 1. The SMILES string of the molecule is CC(C)(O)C(C)(C)OBc1cncc2c1oc1ccc3ccccc3c12. The van der Waals surface area contributed by atoms with Crippen molar-refractivity contribution in [3.63, 3.8) is 0 Å². The fourth-order valence-electron chi connectivity index (χ4n) is 3.05. The molecule has 0 atom stereocenters. The van der Waals surface area contributed by atoms with E-state index in [0.29, 0.717) is 7.48 Å². The zero-order valence-corrected chi connectivity index (χ0v) is 15.5. The molecule has 2 aromatic heterocycles. The second-order valence-corrected chi connectivity index (χ2v) is 7.80. The van der Waals surface area contributed by atoms with Crippen LogP contribution in [0.25, 0.3) is 32.7 Å². The predicted molar refractivity (Wildman–Crippen MR) is 107 cm³/mol. The van der Waals surface area contributed by atoms with E-state index in [4.69, 9.17) is 9.07 Å². The van der Waals surface area contributed by atoms with Gasteiger partial charge in [-0.05, 0) is 44.5 Å². The molecule has 26 heavy (non-hydrogen) atoms. The Balaban J connectivity index is 1.84. The summed E-state index contributed by atoms with van der Waals surface area (Å²) >= 11 is 0. The van der Waals surface area contributed by atoms with Gasteiger partial charge in [0.25, 0.3) is 0 Å². The molecule has 0 amide bonds. The first-order valence-electron chi connectivity index (χ1n) is 8.81. The molecule has 0 bridgehead atoms. The fourth-order valence-corrected chi connectivity index (χ4v) is 3.05. The quantitative estimate of drug-likeness (QED) is 0.572. The lowest BCUT2D eigenvalue weighted by atomic mass is 9.83. The highest BCUT2D eigenvalue weighted by molar-refractivity contribution is 6.51. The number of aromatic nitrogens is 1. The Bertz CT molecular complexity index is 1110. The monoisotopic (exact) mass is 347 g/mol. The number of aliphatic hydroxyl groups is 1. The Morgan fingerprint density at radius 2 is 1.77 bits per heavy atom. The summed E-state index contributed by atoms with van der Waals surface area (Å²) in [6.45, 7) is 7.26. The van der Waals surface area contributed by atoms with E-state index in [-0.39, 0.29) is 0 Å². The van der Waals surface area contributed by atoms with E-state index in [9.17, 15) is 5.11 Å². The largest absolute Gasteiger partial charge is 0.456 e. The third kappa shape index (κ3) is 2.68. The fraction of sp³-hybridized carbons (Fsp3) is 0.286. The van der Waals surface area contributed by atoms with Gasteiger partial charge in [0.2, 0.25) is 0 Å². The maximum Gasteiger partial charge on any atom is 0.314 e. The standard InChI is InChI=1S/C21H22BNO3/c1-20(2,24)21(3,4)26-22-16-12-23-11-15-18-14-8-6-5-7-13(14)9-10-17(18)25-19(15)16/h5-12,22,24H,1-4H3. The van der Waals surface area contributed by atoms with Crippen molar-refractivity contribution >= 4 is 45.7 Å². The van der Waals surface area contributed by atoms with E-state index in [1.165, 1.54) is 5.39 Å². The number of rotatable bonds is 4. The zero-order chi connectivity index (χ0) is 18.5. The molecule has 132 valence electrons. The number of hydrogen-bond acceptors (Lipinski definition) is 4. The molecule has 0 unspecified atom stereocenters. The molecule has 0 saturated carbocycles. The number of pyridine rings is 1. The summed E-state index contributed by atoms with van der Waals surface area (Å²) in [7, 11) is 0.319. The molecule has 0 aliphatic rings. The van der Waals surface area contributed by atoms with Crippen LogP contribution in [0.2, 0.25) is 0 Å². The average Bonchev–Trinajstić information content (AvgIpc) is 2.98. The van der Waals surface area contributed by atoms with E-state index < -0.39 is 11.2 Å². The van der Waals surface area contributed by atoms with Crippen LogP contribution in [0.5, 0.6) is 0 Å². The second kappa shape index (κ2) is 5.83. The number of furan rings is 1. The van der Waals surface area contributed by atoms with Gasteiger partial charge in [0, 0.05) is 28.6 Å². The van der Waals surface area contributed by atoms with Crippen molar-refractivity contribution in [2.45, 2.75) is 38.9 Å². The zero-order valence-electron chi connectivity index (χ0n) is 15.5.